The number of hydrogen-bond acceptors (Lipinski definition) is 3. The summed E-state index contributed by atoms with van der Waals surface area (Å²) in [4.78, 5) is 14.2. The Balaban J connectivity index is 1.35. The second-order valence-electron chi connectivity index (χ2n) is 10.2. The fraction of sp³-hybridized carbons (Fsp3) is 0. The van der Waals surface area contributed by atoms with E-state index in [1.807, 2.05) is 36.8 Å². The van der Waals surface area contributed by atoms with Gasteiger partial charge in [0, 0.05) is 40.6 Å². The molecule has 0 saturated carbocycles. The molecule has 0 radical (unpaired) electrons. The number of hydrogen-bond donors (Lipinski definition) is 0. The van der Waals surface area contributed by atoms with Gasteiger partial charge in [0.2, 0.25) is 0 Å². The maximum Gasteiger partial charge on any atom is 0.0899 e. The molecule has 0 bridgehead atoms. The maximum absolute atomic E-state index is 5.14. The highest BCUT2D eigenvalue weighted by Crippen LogP contribution is 2.36. The van der Waals surface area contributed by atoms with Crippen molar-refractivity contribution in [2.45, 2.75) is 0 Å². The zero-order valence-electron chi connectivity index (χ0n) is 22.1. The highest BCUT2D eigenvalue weighted by Gasteiger charge is 2.15. The van der Waals surface area contributed by atoms with Crippen molar-refractivity contribution >= 4 is 32.6 Å². The minimum Gasteiger partial charge on any atom is -0.309 e. The predicted molar refractivity (Wildman–Crippen MR) is 168 cm³/mol. The Labute approximate surface area is 237 Å². The molecule has 4 aromatic heterocycles. The Hall–Kier alpha value is -5.61. The average molecular weight is 525 g/mol. The summed E-state index contributed by atoms with van der Waals surface area (Å²) in [6.45, 7) is 0. The van der Waals surface area contributed by atoms with Crippen LogP contribution in [0.4, 0.5) is 0 Å². The van der Waals surface area contributed by atoms with E-state index < -0.39 is 0 Å². The second-order valence-corrected chi connectivity index (χ2v) is 10.2. The lowest BCUT2D eigenvalue weighted by molar-refractivity contribution is 1.17. The summed E-state index contributed by atoms with van der Waals surface area (Å²) in [5.41, 5.74) is 9.29. The van der Waals surface area contributed by atoms with Crippen LogP contribution in [0.5, 0.6) is 0 Å². The molecule has 41 heavy (non-hydrogen) atoms. The molecule has 0 aliphatic heterocycles. The van der Waals surface area contributed by atoms with Crippen LogP contribution < -0.4 is 0 Å². The number of para-hydroxylation sites is 1. The predicted octanol–water partition coefficient (Wildman–Crippen LogP) is 9.12. The lowest BCUT2D eigenvalue weighted by atomic mass is 9.96. The number of rotatable bonds is 4. The van der Waals surface area contributed by atoms with Crippen molar-refractivity contribution in [1.82, 2.24) is 19.5 Å². The van der Waals surface area contributed by atoms with Crippen LogP contribution >= 0.6 is 0 Å². The smallest absolute Gasteiger partial charge is 0.0899 e. The average Bonchev–Trinajstić information content (AvgIpc) is 3.39. The lowest BCUT2D eigenvalue weighted by Crippen LogP contribution is -1.96. The quantitative estimate of drug-likeness (QED) is 0.231. The van der Waals surface area contributed by atoms with Crippen molar-refractivity contribution in [3.63, 3.8) is 0 Å². The molecule has 0 fully saturated rings. The SMILES string of the molecule is c1ccc(-c2cc(-c3cccc4ccccc34)cc(-c3cccc(-n4c5ccccc5c5cnccc54)c3)n2)nc1. The summed E-state index contributed by atoms with van der Waals surface area (Å²) >= 11 is 0. The highest BCUT2D eigenvalue weighted by molar-refractivity contribution is 6.09. The van der Waals surface area contributed by atoms with Gasteiger partial charge >= 0.3 is 0 Å². The van der Waals surface area contributed by atoms with Gasteiger partial charge < -0.3 is 4.57 Å². The Morgan fingerprint density at radius 2 is 1.27 bits per heavy atom. The van der Waals surface area contributed by atoms with Gasteiger partial charge in [0.25, 0.3) is 0 Å². The molecule has 4 heteroatoms. The molecule has 0 spiro atoms. The number of pyridine rings is 3. The molecule has 4 nitrogen and oxygen atoms in total. The molecule has 0 N–H and O–H groups in total. The molecular weight excluding hydrogens is 500 g/mol. The van der Waals surface area contributed by atoms with Crippen molar-refractivity contribution in [3.8, 4) is 39.5 Å². The fourth-order valence-corrected chi connectivity index (χ4v) is 5.85. The molecule has 0 amide bonds. The number of benzene rings is 4. The molecule has 4 heterocycles. The highest BCUT2D eigenvalue weighted by atomic mass is 15.0. The molecule has 8 aromatic rings. The second kappa shape index (κ2) is 9.54. The summed E-state index contributed by atoms with van der Waals surface area (Å²) in [7, 11) is 0. The van der Waals surface area contributed by atoms with E-state index >= 15 is 0 Å². The maximum atomic E-state index is 5.14. The Bertz CT molecular complexity index is 2150. The van der Waals surface area contributed by atoms with Gasteiger partial charge in [-0.3, -0.25) is 9.97 Å². The minimum atomic E-state index is 0.847. The van der Waals surface area contributed by atoms with E-state index in [-0.39, 0.29) is 0 Å². The van der Waals surface area contributed by atoms with Gasteiger partial charge in [-0.2, -0.15) is 0 Å². The molecule has 0 saturated heterocycles. The van der Waals surface area contributed by atoms with Gasteiger partial charge in [-0.1, -0.05) is 78.9 Å². The van der Waals surface area contributed by atoms with Gasteiger partial charge in [-0.25, -0.2) is 4.98 Å². The summed E-state index contributed by atoms with van der Waals surface area (Å²) in [5, 5.41) is 4.76. The van der Waals surface area contributed by atoms with Crippen molar-refractivity contribution in [2.24, 2.45) is 0 Å². The van der Waals surface area contributed by atoms with Crippen LogP contribution in [0.1, 0.15) is 0 Å². The van der Waals surface area contributed by atoms with Crippen LogP contribution in [-0.2, 0) is 0 Å². The molecule has 192 valence electrons. The van der Waals surface area contributed by atoms with Gasteiger partial charge in [-0.05, 0) is 70.4 Å². The van der Waals surface area contributed by atoms with Crippen LogP contribution in [0.2, 0.25) is 0 Å². The minimum absolute atomic E-state index is 0.847. The summed E-state index contributed by atoms with van der Waals surface area (Å²) in [6, 6.07) is 44.5. The van der Waals surface area contributed by atoms with Crippen molar-refractivity contribution in [1.29, 1.82) is 0 Å². The Morgan fingerprint density at radius 3 is 2.20 bits per heavy atom. The summed E-state index contributed by atoms with van der Waals surface area (Å²) in [5.74, 6) is 0. The molecule has 0 aliphatic rings. The first-order valence-electron chi connectivity index (χ1n) is 13.7. The van der Waals surface area contributed by atoms with Gasteiger partial charge in [0.15, 0.2) is 0 Å². The normalized spacial score (nSPS) is 11.4. The van der Waals surface area contributed by atoms with Gasteiger partial charge in [0.05, 0.1) is 28.1 Å². The first-order chi connectivity index (χ1) is 20.3. The molecular formula is C37H24N4. The Morgan fingerprint density at radius 1 is 0.488 bits per heavy atom. The molecule has 0 unspecified atom stereocenters. The van der Waals surface area contributed by atoms with Gasteiger partial charge in [-0.15, -0.1) is 0 Å². The number of nitrogens with zero attached hydrogens (tertiary/aromatic N) is 4. The summed E-state index contributed by atoms with van der Waals surface area (Å²) < 4.78 is 2.31. The van der Waals surface area contributed by atoms with Crippen LogP contribution in [0, 0.1) is 0 Å². The zero-order valence-corrected chi connectivity index (χ0v) is 22.1. The van der Waals surface area contributed by atoms with Crippen LogP contribution in [0.15, 0.2) is 146 Å². The van der Waals surface area contributed by atoms with Crippen LogP contribution in [0.3, 0.4) is 0 Å². The largest absolute Gasteiger partial charge is 0.309 e. The van der Waals surface area contributed by atoms with Crippen molar-refractivity contribution in [3.05, 3.63) is 146 Å². The molecule has 0 atom stereocenters. The van der Waals surface area contributed by atoms with Crippen LogP contribution in [0.25, 0.3) is 72.0 Å². The molecule has 0 aliphatic carbocycles. The van der Waals surface area contributed by atoms with E-state index in [0.29, 0.717) is 0 Å². The zero-order chi connectivity index (χ0) is 27.2. The standard InChI is InChI=1S/C37H24N4/c1-2-13-29-25(9-1)10-8-15-30(29)27-22-34(40-35(23-27)33-16-5-6-19-39-33)26-11-7-12-28(21-26)41-36-17-4-3-14-31(36)32-24-38-20-18-37(32)41/h1-24H. The van der Waals surface area contributed by atoms with Crippen molar-refractivity contribution < 1.29 is 0 Å². The summed E-state index contributed by atoms with van der Waals surface area (Å²) in [6.07, 6.45) is 5.63. The van der Waals surface area contributed by atoms with E-state index in [2.05, 4.69) is 124 Å². The van der Waals surface area contributed by atoms with E-state index in [1.165, 1.54) is 21.7 Å². The van der Waals surface area contributed by atoms with Gasteiger partial charge in [0.1, 0.15) is 0 Å². The van der Waals surface area contributed by atoms with E-state index in [4.69, 9.17) is 4.98 Å². The van der Waals surface area contributed by atoms with E-state index in [1.54, 1.807) is 0 Å². The fourth-order valence-electron chi connectivity index (χ4n) is 5.85. The van der Waals surface area contributed by atoms with Crippen molar-refractivity contribution in [2.75, 3.05) is 0 Å². The monoisotopic (exact) mass is 524 g/mol. The molecule has 4 aromatic carbocycles. The first kappa shape index (κ1) is 23.3. The van der Waals surface area contributed by atoms with E-state index in [9.17, 15) is 0 Å². The first-order valence-corrected chi connectivity index (χ1v) is 13.7. The number of aromatic nitrogens is 4. The number of fused-ring (bicyclic) bond motifs is 4. The third-order valence-corrected chi connectivity index (χ3v) is 7.73. The lowest BCUT2D eigenvalue weighted by Gasteiger charge is -2.13. The Kier molecular flexibility index (Phi) is 5.42. The van der Waals surface area contributed by atoms with E-state index in [0.717, 1.165) is 50.3 Å². The third kappa shape index (κ3) is 3.97. The third-order valence-electron chi connectivity index (χ3n) is 7.73. The topological polar surface area (TPSA) is 43.6 Å². The van der Waals surface area contributed by atoms with Crippen LogP contribution in [-0.4, -0.2) is 19.5 Å². The molecule has 8 rings (SSSR count).